The first kappa shape index (κ1) is 24.5. The van der Waals surface area contributed by atoms with Gasteiger partial charge in [-0.25, -0.2) is 4.79 Å². The van der Waals surface area contributed by atoms with Crippen molar-refractivity contribution in [2.75, 3.05) is 39.2 Å². The minimum Gasteiger partial charge on any atom is -0.493 e. The highest BCUT2D eigenvalue weighted by Gasteiger charge is 2.27. The summed E-state index contributed by atoms with van der Waals surface area (Å²) in [6.07, 6.45) is -0.0272. The molecule has 1 aromatic carbocycles. The lowest BCUT2D eigenvalue weighted by Gasteiger charge is -2.35. The Hall–Kier alpha value is -3.11. The molecule has 0 radical (unpaired) electrons. The summed E-state index contributed by atoms with van der Waals surface area (Å²) in [5, 5.41) is 4.62. The molecule has 0 bridgehead atoms. The lowest BCUT2D eigenvalue weighted by atomic mass is 10.1. The van der Waals surface area contributed by atoms with Gasteiger partial charge in [0.2, 0.25) is 5.91 Å². The van der Waals surface area contributed by atoms with E-state index in [0.29, 0.717) is 24.6 Å². The second-order valence-electron chi connectivity index (χ2n) is 7.69. The van der Waals surface area contributed by atoms with Crippen LogP contribution in [0.25, 0.3) is 0 Å². The van der Waals surface area contributed by atoms with E-state index in [1.165, 1.54) is 37.7 Å². The molecule has 2 amide bonds. The summed E-state index contributed by atoms with van der Waals surface area (Å²) in [7, 11) is 2.89. The van der Waals surface area contributed by atoms with Crippen LogP contribution in [0.15, 0.2) is 29.6 Å². The number of morpholine rings is 1. The Morgan fingerprint density at radius 1 is 1.12 bits per heavy atom. The number of thiophene rings is 1. The van der Waals surface area contributed by atoms with Crippen molar-refractivity contribution >= 4 is 34.8 Å². The summed E-state index contributed by atoms with van der Waals surface area (Å²) >= 11 is 1.46. The van der Waals surface area contributed by atoms with E-state index in [1.807, 2.05) is 31.4 Å². The van der Waals surface area contributed by atoms with Crippen LogP contribution in [-0.2, 0) is 25.5 Å². The minimum atomic E-state index is -0.759. The molecular formula is C23H28N2O7S. The Kier molecular flexibility index (Phi) is 8.29. The Bertz CT molecular complexity index is 983. The number of amides is 2. The van der Waals surface area contributed by atoms with E-state index in [9.17, 15) is 14.4 Å². The fourth-order valence-electron chi connectivity index (χ4n) is 3.59. The molecule has 1 saturated heterocycles. The predicted molar refractivity (Wildman–Crippen MR) is 123 cm³/mol. The van der Waals surface area contributed by atoms with Crippen molar-refractivity contribution in [1.29, 1.82) is 0 Å². The molecule has 2 heterocycles. The maximum Gasteiger partial charge on any atom is 0.340 e. The number of hydrogen-bond donors (Lipinski definition) is 1. The quantitative estimate of drug-likeness (QED) is 0.585. The summed E-state index contributed by atoms with van der Waals surface area (Å²) < 4.78 is 21.5. The molecule has 1 fully saturated rings. The topological polar surface area (TPSA) is 103 Å². The maximum atomic E-state index is 12.9. The van der Waals surface area contributed by atoms with Gasteiger partial charge in [0, 0.05) is 30.1 Å². The normalized spacial score (nSPS) is 17.9. The lowest BCUT2D eigenvalue weighted by Crippen LogP contribution is -2.49. The van der Waals surface area contributed by atoms with E-state index in [0.717, 1.165) is 4.88 Å². The zero-order chi connectivity index (χ0) is 24.0. The van der Waals surface area contributed by atoms with E-state index >= 15 is 0 Å². The van der Waals surface area contributed by atoms with Gasteiger partial charge in [0.25, 0.3) is 5.91 Å². The molecule has 0 aliphatic carbocycles. The van der Waals surface area contributed by atoms with Crippen LogP contribution < -0.4 is 14.8 Å². The average molecular weight is 477 g/mol. The largest absolute Gasteiger partial charge is 0.493 e. The number of rotatable bonds is 8. The van der Waals surface area contributed by atoms with Crippen molar-refractivity contribution < 1.29 is 33.3 Å². The van der Waals surface area contributed by atoms with Gasteiger partial charge in [-0.2, -0.15) is 0 Å². The number of ether oxygens (including phenoxy) is 4. The van der Waals surface area contributed by atoms with Crippen molar-refractivity contribution in [3.8, 4) is 11.5 Å². The van der Waals surface area contributed by atoms with Gasteiger partial charge in [-0.1, -0.05) is 6.07 Å². The van der Waals surface area contributed by atoms with Crippen LogP contribution in [0.4, 0.5) is 5.69 Å². The molecule has 0 spiro atoms. The number of carbonyl (C=O) groups is 3. The van der Waals surface area contributed by atoms with Crippen LogP contribution in [0, 0.1) is 0 Å². The summed E-state index contributed by atoms with van der Waals surface area (Å²) in [6.45, 7) is 4.21. The zero-order valence-electron chi connectivity index (χ0n) is 19.1. The second kappa shape index (κ2) is 11.2. The van der Waals surface area contributed by atoms with Gasteiger partial charge in [0.05, 0.1) is 44.1 Å². The molecule has 9 nitrogen and oxygen atoms in total. The zero-order valence-corrected chi connectivity index (χ0v) is 19.9. The van der Waals surface area contributed by atoms with E-state index in [-0.39, 0.29) is 41.7 Å². The van der Waals surface area contributed by atoms with Gasteiger partial charge in [-0.15, -0.1) is 11.3 Å². The third kappa shape index (κ3) is 6.45. The molecule has 1 aliphatic heterocycles. The van der Waals surface area contributed by atoms with Gasteiger partial charge >= 0.3 is 5.97 Å². The standard InChI is InChI=1S/C23H28N2O7S/c1-14-11-25(12-15(2)32-14)22(27)13-31-23(28)17-9-19(29-3)20(30-4)10-18(17)24-21(26)8-16-6-5-7-33-16/h5-7,9-10,14-15H,8,11-13H2,1-4H3,(H,24,26)/t14-,15+. The first-order chi connectivity index (χ1) is 15.8. The minimum absolute atomic E-state index is 0.0590. The van der Waals surface area contributed by atoms with Crippen LogP contribution in [-0.4, -0.2) is 68.8 Å². The highest BCUT2D eigenvalue weighted by atomic mass is 32.1. The molecule has 1 aliphatic rings. The number of anilines is 1. The lowest BCUT2D eigenvalue weighted by molar-refractivity contribution is -0.146. The molecule has 1 N–H and O–H groups in total. The van der Waals surface area contributed by atoms with Crippen molar-refractivity contribution in [2.24, 2.45) is 0 Å². The van der Waals surface area contributed by atoms with Gasteiger partial charge in [-0.3, -0.25) is 9.59 Å². The van der Waals surface area contributed by atoms with Crippen molar-refractivity contribution in [3.63, 3.8) is 0 Å². The fraction of sp³-hybridized carbons (Fsp3) is 0.435. The first-order valence-electron chi connectivity index (χ1n) is 10.5. The van der Waals surface area contributed by atoms with Crippen molar-refractivity contribution in [3.05, 3.63) is 40.1 Å². The molecule has 0 unspecified atom stereocenters. The van der Waals surface area contributed by atoms with Gasteiger partial charge < -0.3 is 29.2 Å². The first-order valence-corrected chi connectivity index (χ1v) is 11.4. The number of esters is 1. The average Bonchev–Trinajstić information content (AvgIpc) is 3.29. The summed E-state index contributed by atoms with van der Waals surface area (Å²) in [6, 6.07) is 6.63. The van der Waals surface area contributed by atoms with E-state index in [1.54, 1.807) is 4.90 Å². The van der Waals surface area contributed by atoms with Crippen LogP contribution in [0.3, 0.4) is 0 Å². The summed E-state index contributed by atoms with van der Waals surface area (Å²) in [5.41, 5.74) is 0.268. The number of methoxy groups -OCH3 is 2. The van der Waals surface area contributed by atoms with E-state index < -0.39 is 12.6 Å². The molecule has 0 saturated carbocycles. The molecule has 10 heteroatoms. The van der Waals surface area contributed by atoms with E-state index in [2.05, 4.69) is 5.32 Å². The molecule has 3 rings (SSSR count). The number of nitrogens with one attached hydrogen (secondary N) is 1. The Morgan fingerprint density at radius 2 is 1.79 bits per heavy atom. The van der Waals surface area contributed by atoms with Crippen LogP contribution >= 0.6 is 11.3 Å². The van der Waals surface area contributed by atoms with Crippen LogP contribution in [0.2, 0.25) is 0 Å². The maximum absolute atomic E-state index is 12.9. The third-order valence-corrected chi connectivity index (χ3v) is 5.91. The SMILES string of the molecule is COc1cc(NC(=O)Cc2cccs2)c(C(=O)OCC(=O)N2C[C@@H](C)O[C@@H](C)C2)cc1OC. The highest BCUT2D eigenvalue weighted by molar-refractivity contribution is 7.10. The van der Waals surface area contributed by atoms with Gasteiger partial charge in [0.15, 0.2) is 18.1 Å². The fourth-order valence-corrected chi connectivity index (χ4v) is 4.30. The van der Waals surface area contributed by atoms with Crippen molar-refractivity contribution in [1.82, 2.24) is 4.90 Å². The van der Waals surface area contributed by atoms with Gasteiger partial charge in [0.1, 0.15) is 0 Å². The smallest absolute Gasteiger partial charge is 0.340 e. The predicted octanol–water partition coefficient (Wildman–Crippen LogP) is 2.74. The molecule has 2 aromatic rings. The van der Waals surface area contributed by atoms with Crippen LogP contribution in [0.5, 0.6) is 11.5 Å². The summed E-state index contributed by atoms with van der Waals surface area (Å²) in [5.74, 6) is -0.735. The molecular weight excluding hydrogens is 448 g/mol. The Balaban J connectivity index is 1.74. The number of carbonyl (C=O) groups excluding carboxylic acids is 3. The Labute approximate surface area is 196 Å². The Morgan fingerprint density at radius 3 is 2.39 bits per heavy atom. The monoisotopic (exact) mass is 476 g/mol. The van der Waals surface area contributed by atoms with Gasteiger partial charge in [-0.05, 0) is 25.3 Å². The molecule has 178 valence electrons. The highest BCUT2D eigenvalue weighted by Crippen LogP contribution is 2.34. The molecule has 33 heavy (non-hydrogen) atoms. The number of hydrogen-bond acceptors (Lipinski definition) is 8. The van der Waals surface area contributed by atoms with Crippen molar-refractivity contribution in [2.45, 2.75) is 32.5 Å². The molecule has 1 aromatic heterocycles. The number of nitrogens with zero attached hydrogens (tertiary/aromatic N) is 1. The van der Waals surface area contributed by atoms with E-state index in [4.69, 9.17) is 18.9 Å². The third-order valence-electron chi connectivity index (χ3n) is 5.03. The molecule has 2 atom stereocenters. The summed E-state index contributed by atoms with van der Waals surface area (Å²) in [4.78, 5) is 40.5. The second-order valence-corrected chi connectivity index (χ2v) is 8.72. The number of benzene rings is 1. The van der Waals surface area contributed by atoms with Crippen LogP contribution in [0.1, 0.15) is 29.1 Å².